The summed E-state index contributed by atoms with van der Waals surface area (Å²) in [6.07, 6.45) is 1.62. The average molecular weight is 216 g/mol. The van der Waals surface area contributed by atoms with Gasteiger partial charge in [0, 0.05) is 19.6 Å². The van der Waals surface area contributed by atoms with Crippen LogP contribution in [-0.2, 0) is 14.2 Å². The Hall–Kier alpha value is -0.120. The molecule has 90 valence electrons. The van der Waals surface area contributed by atoms with E-state index in [0.29, 0.717) is 5.92 Å². The third kappa shape index (κ3) is 2.92. The second kappa shape index (κ2) is 5.83. The summed E-state index contributed by atoms with van der Waals surface area (Å²) in [4.78, 5) is 0. The predicted molar refractivity (Wildman–Crippen MR) is 60.0 cm³/mol. The first kappa shape index (κ1) is 12.9. The predicted octanol–water partition coefficient (Wildman–Crippen LogP) is 2.24. The lowest BCUT2D eigenvalue weighted by Crippen LogP contribution is -2.53. The Bertz CT molecular complexity index is 184. The minimum absolute atomic E-state index is 0.0581. The van der Waals surface area contributed by atoms with E-state index in [1.54, 1.807) is 7.11 Å². The van der Waals surface area contributed by atoms with Crippen LogP contribution in [0.25, 0.3) is 0 Å². The van der Waals surface area contributed by atoms with Crippen molar-refractivity contribution in [1.82, 2.24) is 0 Å². The molecule has 5 atom stereocenters. The van der Waals surface area contributed by atoms with Gasteiger partial charge in [-0.3, -0.25) is 0 Å². The third-order valence-electron chi connectivity index (χ3n) is 3.26. The molecule has 3 heteroatoms. The van der Waals surface area contributed by atoms with Crippen LogP contribution in [0.3, 0.4) is 0 Å². The number of rotatable bonds is 4. The van der Waals surface area contributed by atoms with Crippen LogP contribution in [0.5, 0.6) is 0 Å². The highest BCUT2D eigenvalue weighted by Crippen LogP contribution is 2.29. The maximum atomic E-state index is 5.88. The van der Waals surface area contributed by atoms with Crippen molar-refractivity contribution in [1.29, 1.82) is 0 Å². The quantitative estimate of drug-likeness (QED) is 0.721. The standard InChI is InChI=1S/C12H24O3/c1-6-7-14-11-8(2)9(3)15-10(4)12(11)13-5/h8-12H,6-7H2,1-5H3/t8-,9-,10-,11?,12-/m0/s1. The summed E-state index contributed by atoms with van der Waals surface area (Å²) in [6.45, 7) is 9.25. The average Bonchev–Trinajstić information content (AvgIpc) is 2.21. The molecule has 1 saturated heterocycles. The molecule has 0 aromatic carbocycles. The monoisotopic (exact) mass is 216 g/mol. The summed E-state index contributed by atoms with van der Waals surface area (Å²) in [7, 11) is 1.73. The minimum atomic E-state index is 0.0581. The third-order valence-corrected chi connectivity index (χ3v) is 3.26. The summed E-state index contributed by atoms with van der Waals surface area (Å²) >= 11 is 0. The smallest absolute Gasteiger partial charge is 0.109 e. The van der Waals surface area contributed by atoms with E-state index in [1.165, 1.54) is 0 Å². The van der Waals surface area contributed by atoms with Gasteiger partial charge in [-0.05, 0) is 20.3 Å². The van der Waals surface area contributed by atoms with E-state index in [-0.39, 0.29) is 24.4 Å². The van der Waals surface area contributed by atoms with Gasteiger partial charge >= 0.3 is 0 Å². The SMILES string of the molecule is CCCOC1[C@@H](C)[C@H](C)O[C@@H](C)[C@@H]1OC. The second-order valence-corrected chi connectivity index (χ2v) is 4.44. The first-order valence-electron chi connectivity index (χ1n) is 5.91. The Labute approximate surface area is 93.1 Å². The van der Waals surface area contributed by atoms with E-state index in [9.17, 15) is 0 Å². The van der Waals surface area contributed by atoms with Gasteiger partial charge in [0.2, 0.25) is 0 Å². The fourth-order valence-electron chi connectivity index (χ4n) is 2.20. The molecular weight excluding hydrogens is 192 g/mol. The molecular formula is C12H24O3. The van der Waals surface area contributed by atoms with E-state index in [4.69, 9.17) is 14.2 Å². The summed E-state index contributed by atoms with van der Waals surface area (Å²) in [6, 6.07) is 0. The number of methoxy groups -OCH3 is 1. The van der Waals surface area contributed by atoms with Gasteiger partial charge in [-0.25, -0.2) is 0 Å². The Kier molecular flexibility index (Phi) is 5.03. The molecule has 0 radical (unpaired) electrons. The fraction of sp³-hybridized carbons (Fsp3) is 1.00. The summed E-state index contributed by atoms with van der Waals surface area (Å²) in [5.74, 6) is 0.387. The summed E-state index contributed by atoms with van der Waals surface area (Å²) in [5.41, 5.74) is 0. The molecule has 15 heavy (non-hydrogen) atoms. The molecule has 0 amide bonds. The molecule has 1 aliphatic rings. The molecule has 0 aliphatic carbocycles. The largest absolute Gasteiger partial charge is 0.376 e. The van der Waals surface area contributed by atoms with Gasteiger partial charge in [-0.2, -0.15) is 0 Å². The van der Waals surface area contributed by atoms with Gasteiger partial charge in [0.05, 0.1) is 18.3 Å². The molecule has 0 N–H and O–H groups in total. The maximum absolute atomic E-state index is 5.88. The summed E-state index contributed by atoms with van der Waals surface area (Å²) < 4.78 is 17.2. The van der Waals surface area contributed by atoms with Crippen LogP contribution in [-0.4, -0.2) is 38.1 Å². The van der Waals surface area contributed by atoms with Crippen LogP contribution < -0.4 is 0 Å². The number of ether oxygens (including phenoxy) is 3. The topological polar surface area (TPSA) is 27.7 Å². The molecule has 1 heterocycles. The van der Waals surface area contributed by atoms with Crippen LogP contribution in [0.15, 0.2) is 0 Å². The van der Waals surface area contributed by atoms with E-state index in [1.807, 2.05) is 0 Å². The molecule has 1 fully saturated rings. The zero-order valence-corrected chi connectivity index (χ0v) is 10.5. The minimum Gasteiger partial charge on any atom is -0.376 e. The lowest BCUT2D eigenvalue weighted by Gasteiger charge is -2.43. The summed E-state index contributed by atoms with van der Waals surface area (Å²) in [5, 5.41) is 0. The van der Waals surface area contributed by atoms with Crippen molar-refractivity contribution in [3.63, 3.8) is 0 Å². The normalized spacial score (nSPS) is 41.8. The molecule has 0 aromatic heterocycles. The van der Waals surface area contributed by atoms with Crippen molar-refractivity contribution in [3.05, 3.63) is 0 Å². The second-order valence-electron chi connectivity index (χ2n) is 4.44. The molecule has 1 rings (SSSR count). The Morgan fingerprint density at radius 1 is 1.07 bits per heavy atom. The van der Waals surface area contributed by atoms with E-state index in [2.05, 4.69) is 27.7 Å². The van der Waals surface area contributed by atoms with Crippen molar-refractivity contribution < 1.29 is 14.2 Å². The van der Waals surface area contributed by atoms with Crippen molar-refractivity contribution in [3.8, 4) is 0 Å². The Morgan fingerprint density at radius 3 is 2.27 bits per heavy atom. The van der Waals surface area contributed by atoms with Crippen molar-refractivity contribution in [2.24, 2.45) is 5.92 Å². The van der Waals surface area contributed by atoms with Crippen LogP contribution in [0.1, 0.15) is 34.1 Å². The Morgan fingerprint density at radius 2 is 1.73 bits per heavy atom. The maximum Gasteiger partial charge on any atom is 0.109 e. The van der Waals surface area contributed by atoms with Crippen molar-refractivity contribution in [2.75, 3.05) is 13.7 Å². The van der Waals surface area contributed by atoms with Crippen molar-refractivity contribution >= 4 is 0 Å². The number of hydrogen-bond acceptors (Lipinski definition) is 3. The van der Waals surface area contributed by atoms with E-state index in [0.717, 1.165) is 13.0 Å². The highest BCUT2D eigenvalue weighted by Gasteiger charge is 2.40. The fourth-order valence-corrected chi connectivity index (χ4v) is 2.20. The van der Waals surface area contributed by atoms with Gasteiger partial charge in [0.1, 0.15) is 6.10 Å². The molecule has 0 bridgehead atoms. The Balaban J connectivity index is 2.65. The first-order chi connectivity index (χ1) is 7.11. The van der Waals surface area contributed by atoms with Crippen LogP contribution in [0, 0.1) is 5.92 Å². The zero-order chi connectivity index (χ0) is 11.4. The lowest BCUT2D eigenvalue weighted by atomic mass is 9.89. The first-order valence-corrected chi connectivity index (χ1v) is 5.91. The van der Waals surface area contributed by atoms with E-state index >= 15 is 0 Å². The van der Waals surface area contributed by atoms with Gasteiger partial charge in [-0.1, -0.05) is 13.8 Å². The zero-order valence-electron chi connectivity index (χ0n) is 10.5. The van der Waals surface area contributed by atoms with E-state index < -0.39 is 0 Å². The molecule has 0 aromatic rings. The van der Waals surface area contributed by atoms with Crippen LogP contribution >= 0.6 is 0 Å². The van der Waals surface area contributed by atoms with Crippen LogP contribution in [0.2, 0.25) is 0 Å². The van der Waals surface area contributed by atoms with Gasteiger partial charge in [0.15, 0.2) is 0 Å². The highest BCUT2D eigenvalue weighted by molar-refractivity contribution is 4.88. The molecule has 3 nitrogen and oxygen atoms in total. The molecule has 0 spiro atoms. The van der Waals surface area contributed by atoms with Crippen LogP contribution in [0.4, 0.5) is 0 Å². The van der Waals surface area contributed by atoms with Gasteiger partial charge in [-0.15, -0.1) is 0 Å². The number of hydrogen-bond donors (Lipinski definition) is 0. The van der Waals surface area contributed by atoms with Gasteiger partial charge < -0.3 is 14.2 Å². The molecule has 1 aliphatic heterocycles. The van der Waals surface area contributed by atoms with Crippen molar-refractivity contribution in [2.45, 2.75) is 58.5 Å². The lowest BCUT2D eigenvalue weighted by molar-refractivity contribution is -0.209. The molecule has 1 unspecified atom stereocenters. The highest BCUT2D eigenvalue weighted by atomic mass is 16.6. The molecule has 0 saturated carbocycles. The van der Waals surface area contributed by atoms with Gasteiger partial charge in [0.25, 0.3) is 0 Å².